The van der Waals surface area contributed by atoms with Crippen molar-refractivity contribution in [2.45, 2.75) is 84.2 Å². The molecule has 4 saturated carbocycles. The van der Waals surface area contributed by atoms with Gasteiger partial charge in [0.1, 0.15) is 5.78 Å². The van der Waals surface area contributed by atoms with Crippen molar-refractivity contribution < 1.29 is 9.90 Å². The maximum absolute atomic E-state index is 12.3. The Balaban J connectivity index is 1.55. The molecule has 1 N–H and O–H groups in total. The summed E-state index contributed by atoms with van der Waals surface area (Å²) in [6.07, 6.45) is 10.7. The van der Waals surface area contributed by atoms with E-state index in [1.54, 1.807) is 0 Å². The lowest BCUT2D eigenvalue weighted by atomic mass is 9.44. The van der Waals surface area contributed by atoms with Crippen LogP contribution in [0.4, 0.5) is 0 Å². The second-order valence-electron chi connectivity index (χ2n) is 11.6. The molecule has 0 unspecified atom stereocenters. The van der Waals surface area contributed by atoms with Crippen LogP contribution in [0.25, 0.3) is 0 Å². The summed E-state index contributed by atoms with van der Waals surface area (Å²) >= 11 is 0. The first-order chi connectivity index (χ1) is 12.6. The number of carbonyl (C=O) groups excluding carboxylic acids is 1. The lowest BCUT2D eigenvalue weighted by Crippen LogP contribution is -2.57. The van der Waals surface area contributed by atoms with Crippen molar-refractivity contribution in [3.63, 3.8) is 0 Å². The van der Waals surface area contributed by atoms with E-state index in [9.17, 15) is 9.90 Å². The third-order valence-corrected chi connectivity index (χ3v) is 9.92. The summed E-state index contributed by atoms with van der Waals surface area (Å²) in [5.74, 6) is 3.80. The highest BCUT2D eigenvalue weighted by atomic mass is 16.3. The summed E-state index contributed by atoms with van der Waals surface area (Å²) < 4.78 is 0. The fourth-order valence-electron chi connectivity index (χ4n) is 8.72. The molecule has 3 heteroatoms. The van der Waals surface area contributed by atoms with Crippen molar-refractivity contribution in [2.24, 2.45) is 40.4 Å². The third kappa shape index (κ3) is 3.03. The highest BCUT2D eigenvalue weighted by molar-refractivity contribution is 5.79. The number of hydrogen-bond acceptors (Lipinski definition) is 3. The Morgan fingerprint density at radius 2 is 1.67 bits per heavy atom. The standard InChI is InChI=1S/C24H41NO2/c1-16(26)19-8-9-20-18-7-6-17-14-24(27,15-25(4)5)13-12-22(17,2)21(18)10-11-23(19,20)3/h17-21,27H,6-15H2,1-5H3/t17-,18-,19+,20-,21-,22-,23+,24+/m0/s1. The zero-order valence-corrected chi connectivity index (χ0v) is 18.3. The van der Waals surface area contributed by atoms with E-state index < -0.39 is 5.60 Å². The van der Waals surface area contributed by atoms with E-state index in [-0.39, 0.29) is 5.41 Å². The van der Waals surface area contributed by atoms with Crippen LogP contribution in [0.1, 0.15) is 78.6 Å². The molecule has 0 aromatic carbocycles. The summed E-state index contributed by atoms with van der Waals surface area (Å²) in [6, 6.07) is 0. The van der Waals surface area contributed by atoms with Gasteiger partial charge in [0.25, 0.3) is 0 Å². The summed E-state index contributed by atoms with van der Waals surface area (Å²) in [4.78, 5) is 14.4. The van der Waals surface area contributed by atoms with Gasteiger partial charge in [0.2, 0.25) is 0 Å². The molecule has 4 aliphatic rings. The summed E-state index contributed by atoms with van der Waals surface area (Å²) in [7, 11) is 4.16. The van der Waals surface area contributed by atoms with E-state index in [0.717, 1.165) is 43.6 Å². The molecule has 0 aromatic rings. The Morgan fingerprint density at radius 3 is 2.33 bits per heavy atom. The largest absolute Gasteiger partial charge is 0.389 e. The van der Waals surface area contributed by atoms with Crippen LogP contribution >= 0.6 is 0 Å². The first kappa shape index (κ1) is 19.9. The maximum atomic E-state index is 12.3. The predicted molar refractivity (Wildman–Crippen MR) is 109 cm³/mol. The minimum absolute atomic E-state index is 0.260. The van der Waals surface area contributed by atoms with Gasteiger partial charge in [-0.25, -0.2) is 0 Å². The molecule has 4 rings (SSSR count). The molecule has 27 heavy (non-hydrogen) atoms. The topological polar surface area (TPSA) is 40.5 Å². The molecule has 0 amide bonds. The number of aliphatic hydroxyl groups is 1. The second kappa shape index (κ2) is 6.55. The van der Waals surface area contributed by atoms with Crippen molar-refractivity contribution in [1.82, 2.24) is 4.90 Å². The molecule has 154 valence electrons. The smallest absolute Gasteiger partial charge is 0.133 e. The quantitative estimate of drug-likeness (QED) is 0.788. The number of Topliss-reactive ketones (excluding diaryl/α,β-unsaturated/α-hetero) is 1. The van der Waals surface area contributed by atoms with Crippen molar-refractivity contribution in [3.05, 3.63) is 0 Å². The monoisotopic (exact) mass is 375 g/mol. The second-order valence-corrected chi connectivity index (χ2v) is 11.6. The molecule has 8 atom stereocenters. The van der Waals surface area contributed by atoms with Crippen molar-refractivity contribution in [3.8, 4) is 0 Å². The van der Waals surface area contributed by atoms with Gasteiger partial charge in [-0.15, -0.1) is 0 Å². The normalized spacial score (nSPS) is 52.2. The van der Waals surface area contributed by atoms with Gasteiger partial charge in [-0.1, -0.05) is 13.8 Å². The Bertz CT molecular complexity index is 603. The zero-order chi connectivity index (χ0) is 19.6. The van der Waals surface area contributed by atoms with Gasteiger partial charge in [-0.05, 0) is 113 Å². The number of carbonyl (C=O) groups is 1. The van der Waals surface area contributed by atoms with E-state index in [1.807, 2.05) is 6.92 Å². The molecule has 0 heterocycles. The van der Waals surface area contributed by atoms with Crippen LogP contribution in [-0.2, 0) is 4.79 Å². The van der Waals surface area contributed by atoms with Crippen LogP contribution in [0.3, 0.4) is 0 Å². The average Bonchev–Trinajstić information content (AvgIpc) is 2.92. The van der Waals surface area contributed by atoms with Gasteiger partial charge in [0.15, 0.2) is 0 Å². The van der Waals surface area contributed by atoms with Crippen LogP contribution in [0.15, 0.2) is 0 Å². The Morgan fingerprint density at radius 1 is 0.963 bits per heavy atom. The van der Waals surface area contributed by atoms with Gasteiger partial charge in [-0.3, -0.25) is 4.79 Å². The first-order valence-electron chi connectivity index (χ1n) is 11.5. The Kier molecular flexibility index (Phi) is 4.83. The fraction of sp³-hybridized carbons (Fsp3) is 0.958. The SMILES string of the molecule is CC(=O)[C@H]1CC[C@H]2[C@@H]3CC[C@H]4C[C@@](O)(CN(C)C)CC[C@]4(C)[C@H]3CC[C@]12C. The number of rotatable bonds is 3. The summed E-state index contributed by atoms with van der Waals surface area (Å²) in [5.41, 5.74) is 0.171. The Hall–Kier alpha value is -0.410. The third-order valence-electron chi connectivity index (χ3n) is 9.92. The Labute approximate surface area is 166 Å². The van der Waals surface area contributed by atoms with E-state index in [4.69, 9.17) is 0 Å². The number of fused-ring (bicyclic) bond motifs is 5. The van der Waals surface area contributed by atoms with Crippen LogP contribution in [0, 0.1) is 40.4 Å². The minimum atomic E-state index is -0.489. The highest BCUT2D eigenvalue weighted by Crippen LogP contribution is 2.68. The van der Waals surface area contributed by atoms with E-state index in [1.165, 1.54) is 38.5 Å². The number of hydrogen-bond donors (Lipinski definition) is 1. The molecule has 4 fully saturated rings. The van der Waals surface area contributed by atoms with Gasteiger partial charge >= 0.3 is 0 Å². The number of ketones is 1. The van der Waals surface area contributed by atoms with Gasteiger partial charge in [0, 0.05) is 12.5 Å². The zero-order valence-electron chi connectivity index (χ0n) is 18.3. The summed E-state index contributed by atoms with van der Waals surface area (Å²) in [6.45, 7) is 7.63. The van der Waals surface area contributed by atoms with Crippen molar-refractivity contribution in [2.75, 3.05) is 20.6 Å². The van der Waals surface area contributed by atoms with E-state index >= 15 is 0 Å². The minimum Gasteiger partial charge on any atom is -0.389 e. The number of likely N-dealkylation sites (N-methyl/N-ethyl adjacent to an activating group) is 1. The van der Waals surface area contributed by atoms with Crippen LogP contribution < -0.4 is 0 Å². The fourth-order valence-corrected chi connectivity index (χ4v) is 8.72. The molecule has 0 saturated heterocycles. The van der Waals surface area contributed by atoms with Gasteiger partial charge in [-0.2, -0.15) is 0 Å². The number of nitrogens with zero attached hydrogens (tertiary/aromatic N) is 1. The van der Waals surface area contributed by atoms with E-state index in [0.29, 0.717) is 23.0 Å². The molecule has 3 nitrogen and oxygen atoms in total. The lowest BCUT2D eigenvalue weighted by molar-refractivity contribution is -0.156. The average molecular weight is 376 g/mol. The molecule has 0 aliphatic heterocycles. The van der Waals surface area contributed by atoms with Crippen molar-refractivity contribution in [1.29, 1.82) is 0 Å². The molecule has 4 aliphatic carbocycles. The molecule has 0 aromatic heterocycles. The molecule has 0 spiro atoms. The molecule has 0 radical (unpaired) electrons. The highest BCUT2D eigenvalue weighted by Gasteiger charge is 2.61. The van der Waals surface area contributed by atoms with Crippen LogP contribution in [0.5, 0.6) is 0 Å². The van der Waals surface area contributed by atoms with Gasteiger partial charge in [0.05, 0.1) is 5.60 Å². The van der Waals surface area contributed by atoms with Crippen LogP contribution in [0.2, 0.25) is 0 Å². The summed E-state index contributed by atoms with van der Waals surface area (Å²) in [5, 5.41) is 11.2. The molecular formula is C24H41NO2. The van der Waals surface area contributed by atoms with Gasteiger partial charge < -0.3 is 10.0 Å². The first-order valence-corrected chi connectivity index (χ1v) is 11.5. The molecular weight excluding hydrogens is 334 g/mol. The van der Waals surface area contributed by atoms with Crippen molar-refractivity contribution >= 4 is 5.78 Å². The maximum Gasteiger partial charge on any atom is 0.133 e. The van der Waals surface area contributed by atoms with Crippen LogP contribution in [-0.4, -0.2) is 42.0 Å². The van der Waals surface area contributed by atoms with E-state index in [2.05, 4.69) is 32.8 Å². The lowest BCUT2D eigenvalue weighted by Gasteiger charge is -2.62. The predicted octanol–water partition coefficient (Wildman–Crippen LogP) is 4.53. The molecule has 0 bridgehead atoms.